The fourth-order valence-corrected chi connectivity index (χ4v) is 2.62. The molecule has 0 atom stereocenters. The van der Waals surface area contributed by atoms with Gasteiger partial charge in [-0.2, -0.15) is 0 Å². The highest BCUT2D eigenvalue weighted by Crippen LogP contribution is 2.22. The van der Waals surface area contributed by atoms with E-state index in [0.717, 1.165) is 12.8 Å². The average Bonchev–Trinajstić information content (AvgIpc) is 2.40. The van der Waals surface area contributed by atoms with E-state index in [-0.39, 0.29) is 17.5 Å². The number of likely N-dealkylation sites (tertiary alicyclic amines) is 1. The Kier molecular flexibility index (Phi) is 4.09. The van der Waals surface area contributed by atoms with Gasteiger partial charge >= 0.3 is 5.97 Å². The van der Waals surface area contributed by atoms with Gasteiger partial charge in [-0.25, -0.2) is 4.79 Å². The SMILES string of the molecule is Cc1ccc(C)c(C(=O)N2CCC(N)CC2)c1C(=O)O. The number of hydrogen-bond acceptors (Lipinski definition) is 3. The van der Waals surface area contributed by atoms with Crippen LogP contribution in [0.25, 0.3) is 0 Å². The van der Waals surface area contributed by atoms with Crippen LogP contribution in [-0.4, -0.2) is 41.0 Å². The summed E-state index contributed by atoms with van der Waals surface area (Å²) in [4.78, 5) is 25.8. The van der Waals surface area contributed by atoms with Crippen LogP contribution in [0.1, 0.15) is 44.7 Å². The van der Waals surface area contributed by atoms with Crippen molar-refractivity contribution >= 4 is 11.9 Å². The molecule has 1 aromatic carbocycles. The Morgan fingerprint density at radius 1 is 1.15 bits per heavy atom. The molecule has 0 unspecified atom stereocenters. The molecule has 1 amide bonds. The van der Waals surface area contributed by atoms with E-state index in [1.54, 1.807) is 30.9 Å². The number of nitrogens with two attached hydrogens (primary N) is 1. The van der Waals surface area contributed by atoms with Gasteiger partial charge in [-0.1, -0.05) is 12.1 Å². The molecular formula is C15H20N2O3. The lowest BCUT2D eigenvalue weighted by Gasteiger charge is -2.31. The summed E-state index contributed by atoms with van der Waals surface area (Å²) in [5.41, 5.74) is 7.58. The zero-order chi connectivity index (χ0) is 14.9. The number of aromatic carboxylic acids is 1. The van der Waals surface area contributed by atoms with Crippen LogP contribution >= 0.6 is 0 Å². The first-order valence-corrected chi connectivity index (χ1v) is 6.80. The maximum atomic E-state index is 12.6. The van der Waals surface area contributed by atoms with Crippen molar-refractivity contribution in [2.75, 3.05) is 13.1 Å². The average molecular weight is 276 g/mol. The van der Waals surface area contributed by atoms with Crippen LogP contribution in [-0.2, 0) is 0 Å². The first-order valence-electron chi connectivity index (χ1n) is 6.80. The number of carbonyl (C=O) groups is 2. The minimum atomic E-state index is -1.05. The van der Waals surface area contributed by atoms with Gasteiger partial charge < -0.3 is 15.7 Å². The lowest BCUT2D eigenvalue weighted by molar-refractivity contribution is 0.0661. The summed E-state index contributed by atoms with van der Waals surface area (Å²) in [7, 11) is 0. The molecule has 1 saturated heterocycles. The number of amides is 1. The van der Waals surface area contributed by atoms with E-state index in [0.29, 0.717) is 29.8 Å². The lowest BCUT2D eigenvalue weighted by atomic mass is 9.95. The number of benzene rings is 1. The molecule has 1 aromatic rings. The number of carboxylic acid groups (broad SMARTS) is 1. The molecule has 0 spiro atoms. The fourth-order valence-electron chi connectivity index (χ4n) is 2.62. The van der Waals surface area contributed by atoms with Gasteiger partial charge in [-0.15, -0.1) is 0 Å². The fraction of sp³-hybridized carbons (Fsp3) is 0.467. The molecule has 5 heteroatoms. The second-order valence-corrected chi connectivity index (χ2v) is 5.38. The molecule has 0 bridgehead atoms. The summed E-state index contributed by atoms with van der Waals surface area (Å²) in [6.45, 7) is 4.67. The van der Waals surface area contributed by atoms with Gasteiger partial charge in [-0.05, 0) is 37.8 Å². The van der Waals surface area contributed by atoms with Crippen molar-refractivity contribution in [1.29, 1.82) is 0 Å². The third kappa shape index (κ3) is 2.67. The minimum Gasteiger partial charge on any atom is -0.478 e. The quantitative estimate of drug-likeness (QED) is 0.858. The van der Waals surface area contributed by atoms with Crippen LogP contribution in [0.4, 0.5) is 0 Å². The molecule has 0 saturated carbocycles. The maximum absolute atomic E-state index is 12.6. The monoisotopic (exact) mass is 276 g/mol. The number of carbonyl (C=O) groups excluding carboxylic acids is 1. The number of piperidine rings is 1. The molecule has 0 aliphatic carbocycles. The number of rotatable bonds is 2. The third-order valence-corrected chi connectivity index (χ3v) is 3.88. The van der Waals surface area contributed by atoms with Crippen molar-refractivity contribution in [3.05, 3.63) is 34.4 Å². The number of aryl methyl sites for hydroxylation is 2. The largest absolute Gasteiger partial charge is 0.478 e. The van der Waals surface area contributed by atoms with Crippen LogP contribution in [0, 0.1) is 13.8 Å². The minimum absolute atomic E-state index is 0.116. The van der Waals surface area contributed by atoms with Crippen LogP contribution in [0.5, 0.6) is 0 Å². The van der Waals surface area contributed by atoms with Crippen LogP contribution in [0.15, 0.2) is 12.1 Å². The highest BCUT2D eigenvalue weighted by atomic mass is 16.4. The van der Waals surface area contributed by atoms with Crippen molar-refractivity contribution in [2.24, 2.45) is 5.73 Å². The predicted octanol–water partition coefficient (Wildman–Crippen LogP) is 1.56. The van der Waals surface area contributed by atoms with E-state index in [1.807, 2.05) is 0 Å². The van der Waals surface area contributed by atoms with Gasteiger partial charge in [0, 0.05) is 19.1 Å². The third-order valence-electron chi connectivity index (χ3n) is 3.88. The molecule has 0 aromatic heterocycles. The van der Waals surface area contributed by atoms with Crippen LogP contribution in [0.2, 0.25) is 0 Å². The summed E-state index contributed by atoms with van der Waals surface area (Å²) < 4.78 is 0. The van der Waals surface area contributed by atoms with Crippen molar-refractivity contribution in [3.63, 3.8) is 0 Å². The van der Waals surface area contributed by atoms with Crippen molar-refractivity contribution in [3.8, 4) is 0 Å². The zero-order valence-corrected chi connectivity index (χ0v) is 11.8. The Bertz CT molecular complexity index is 546. The standard InChI is InChI=1S/C15H20N2O3/c1-9-3-4-10(2)13(15(19)20)12(9)14(18)17-7-5-11(16)6-8-17/h3-4,11H,5-8,16H2,1-2H3,(H,19,20). The smallest absolute Gasteiger partial charge is 0.336 e. The lowest BCUT2D eigenvalue weighted by Crippen LogP contribution is -2.43. The topological polar surface area (TPSA) is 83.6 Å². The van der Waals surface area contributed by atoms with Crippen molar-refractivity contribution < 1.29 is 14.7 Å². The predicted molar refractivity (Wildman–Crippen MR) is 76.0 cm³/mol. The van der Waals surface area contributed by atoms with E-state index in [2.05, 4.69) is 0 Å². The molecule has 3 N–H and O–H groups in total. The highest BCUT2D eigenvalue weighted by molar-refractivity contribution is 6.06. The zero-order valence-electron chi connectivity index (χ0n) is 11.8. The van der Waals surface area contributed by atoms with Gasteiger partial charge in [0.1, 0.15) is 0 Å². The summed E-state index contributed by atoms with van der Waals surface area (Å²) in [5, 5.41) is 9.37. The van der Waals surface area contributed by atoms with Crippen LogP contribution < -0.4 is 5.73 Å². The normalized spacial score (nSPS) is 16.2. The first kappa shape index (κ1) is 14.5. The second-order valence-electron chi connectivity index (χ2n) is 5.38. The molecule has 1 heterocycles. The van der Waals surface area contributed by atoms with E-state index in [4.69, 9.17) is 5.73 Å². The Balaban J connectivity index is 2.39. The molecule has 1 aliphatic rings. The van der Waals surface area contributed by atoms with E-state index in [9.17, 15) is 14.7 Å². The Morgan fingerprint density at radius 3 is 2.15 bits per heavy atom. The first-order chi connectivity index (χ1) is 9.41. The molecule has 5 nitrogen and oxygen atoms in total. The highest BCUT2D eigenvalue weighted by Gasteiger charge is 2.27. The van der Waals surface area contributed by atoms with E-state index < -0.39 is 5.97 Å². The molecule has 1 aliphatic heterocycles. The summed E-state index contributed by atoms with van der Waals surface area (Å²) in [6, 6.07) is 3.67. The van der Waals surface area contributed by atoms with E-state index in [1.165, 1.54) is 0 Å². The molecule has 108 valence electrons. The van der Waals surface area contributed by atoms with Gasteiger partial charge in [0.15, 0.2) is 0 Å². The summed E-state index contributed by atoms with van der Waals surface area (Å²) in [6.07, 6.45) is 1.53. The Morgan fingerprint density at radius 2 is 1.65 bits per heavy atom. The Hall–Kier alpha value is -1.88. The molecular weight excluding hydrogens is 256 g/mol. The number of carboxylic acids is 1. The molecule has 0 radical (unpaired) electrons. The van der Waals surface area contributed by atoms with Gasteiger partial charge in [0.05, 0.1) is 11.1 Å². The molecule has 1 fully saturated rings. The van der Waals surface area contributed by atoms with Gasteiger partial charge in [0.2, 0.25) is 0 Å². The van der Waals surface area contributed by atoms with Gasteiger partial charge in [0.25, 0.3) is 5.91 Å². The maximum Gasteiger partial charge on any atom is 0.336 e. The number of nitrogens with zero attached hydrogens (tertiary/aromatic N) is 1. The summed E-state index contributed by atoms with van der Waals surface area (Å²) >= 11 is 0. The Labute approximate surface area is 118 Å². The number of hydrogen-bond donors (Lipinski definition) is 2. The van der Waals surface area contributed by atoms with Crippen molar-refractivity contribution in [1.82, 2.24) is 4.90 Å². The van der Waals surface area contributed by atoms with Gasteiger partial charge in [-0.3, -0.25) is 4.79 Å². The van der Waals surface area contributed by atoms with Crippen molar-refractivity contribution in [2.45, 2.75) is 32.7 Å². The molecule has 20 heavy (non-hydrogen) atoms. The van der Waals surface area contributed by atoms with E-state index >= 15 is 0 Å². The van der Waals surface area contributed by atoms with Crippen LogP contribution in [0.3, 0.4) is 0 Å². The summed E-state index contributed by atoms with van der Waals surface area (Å²) in [5.74, 6) is -1.25. The second kappa shape index (κ2) is 5.63. The molecule has 2 rings (SSSR count).